The summed E-state index contributed by atoms with van der Waals surface area (Å²) >= 11 is -0.145. The Morgan fingerprint density at radius 2 is 2.05 bits per heavy atom. The van der Waals surface area contributed by atoms with Crippen LogP contribution in [0.15, 0.2) is 18.2 Å². The third kappa shape index (κ3) is 5.42. The van der Waals surface area contributed by atoms with Crippen LogP contribution in [0.25, 0.3) is 0 Å². The van der Waals surface area contributed by atoms with Gasteiger partial charge in [-0.2, -0.15) is 13.2 Å². The number of hydrogen-bond donors (Lipinski definition) is 2. The fourth-order valence-electron chi connectivity index (χ4n) is 1.52. The van der Waals surface area contributed by atoms with Gasteiger partial charge in [0.2, 0.25) is 0 Å². The van der Waals surface area contributed by atoms with E-state index in [1.165, 1.54) is 0 Å². The zero-order valence-corrected chi connectivity index (χ0v) is 11.4. The highest BCUT2D eigenvalue weighted by molar-refractivity contribution is 8.00. The maximum absolute atomic E-state index is 11.9. The van der Waals surface area contributed by atoms with E-state index in [9.17, 15) is 18.0 Å². The zero-order valence-electron chi connectivity index (χ0n) is 10.6. The quantitative estimate of drug-likeness (QED) is 0.820. The van der Waals surface area contributed by atoms with Crippen LogP contribution in [-0.4, -0.2) is 30.8 Å². The van der Waals surface area contributed by atoms with Crippen molar-refractivity contribution in [3.63, 3.8) is 0 Å². The van der Waals surface area contributed by atoms with Gasteiger partial charge in [0, 0.05) is 30.6 Å². The van der Waals surface area contributed by atoms with E-state index in [-0.39, 0.29) is 30.0 Å². The number of amides is 1. The van der Waals surface area contributed by atoms with Crippen molar-refractivity contribution in [2.45, 2.75) is 12.4 Å². The first-order valence-corrected chi connectivity index (χ1v) is 6.59. The normalized spacial score (nSPS) is 11.2. The molecule has 1 aromatic rings. The van der Waals surface area contributed by atoms with Gasteiger partial charge >= 0.3 is 5.51 Å². The lowest BCUT2D eigenvalue weighted by Gasteiger charge is -2.09. The van der Waals surface area contributed by atoms with Gasteiger partial charge in [0.1, 0.15) is 0 Å². The third-order valence-corrected chi connectivity index (χ3v) is 3.15. The van der Waals surface area contributed by atoms with Crippen molar-refractivity contribution in [2.24, 2.45) is 0 Å². The molecule has 0 radical (unpaired) electrons. The molecule has 0 aromatic heterocycles. The van der Waals surface area contributed by atoms with Crippen molar-refractivity contribution in [1.29, 1.82) is 0 Å². The van der Waals surface area contributed by atoms with Crippen molar-refractivity contribution < 1.29 is 18.0 Å². The highest BCUT2D eigenvalue weighted by Crippen LogP contribution is 2.29. The Hall–Kier alpha value is -1.37. The average Bonchev–Trinajstić information content (AvgIpc) is 2.33. The van der Waals surface area contributed by atoms with Crippen LogP contribution in [0.5, 0.6) is 0 Å². The Labute approximate surface area is 114 Å². The number of carbonyl (C=O) groups excluding carboxylic acids is 1. The first-order valence-electron chi connectivity index (χ1n) is 5.61. The van der Waals surface area contributed by atoms with Crippen molar-refractivity contribution in [1.82, 2.24) is 5.32 Å². The van der Waals surface area contributed by atoms with Crippen LogP contribution in [0.3, 0.4) is 0 Å². The molecule has 106 valence electrons. The van der Waals surface area contributed by atoms with Gasteiger partial charge in [-0.1, -0.05) is 0 Å². The molecule has 0 atom stereocenters. The molecule has 3 nitrogen and oxygen atoms in total. The van der Waals surface area contributed by atoms with Crippen LogP contribution >= 0.6 is 11.8 Å². The Kier molecular flexibility index (Phi) is 5.53. The monoisotopic (exact) mass is 292 g/mol. The molecule has 0 unspecified atom stereocenters. The molecule has 1 amide bonds. The molecular formula is C12H15F3N2OS. The summed E-state index contributed by atoms with van der Waals surface area (Å²) in [5.41, 5.74) is -2.01. The molecule has 1 rings (SSSR count). The number of hydrogen-bond acceptors (Lipinski definition) is 3. The number of thioether (sulfide) groups is 1. The number of carbonyl (C=O) groups is 1. The molecule has 19 heavy (non-hydrogen) atoms. The molecule has 0 bridgehead atoms. The van der Waals surface area contributed by atoms with Crippen LogP contribution in [0.1, 0.15) is 15.9 Å². The number of rotatable bonds is 5. The molecule has 0 saturated carbocycles. The van der Waals surface area contributed by atoms with E-state index in [4.69, 9.17) is 0 Å². The van der Waals surface area contributed by atoms with Crippen molar-refractivity contribution in [3.8, 4) is 0 Å². The van der Waals surface area contributed by atoms with Crippen molar-refractivity contribution >= 4 is 23.4 Å². The third-order valence-electron chi connectivity index (χ3n) is 2.41. The van der Waals surface area contributed by atoms with E-state index >= 15 is 0 Å². The predicted molar refractivity (Wildman–Crippen MR) is 71.6 cm³/mol. The van der Waals surface area contributed by atoms with E-state index in [1.807, 2.05) is 6.92 Å². The minimum Gasteiger partial charge on any atom is -0.388 e. The minimum absolute atomic E-state index is 0.0180. The highest BCUT2D eigenvalue weighted by atomic mass is 32.2. The lowest BCUT2D eigenvalue weighted by molar-refractivity contribution is -0.0327. The molecule has 0 aliphatic rings. The van der Waals surface area contributed by atoms with E-state index in [0.29, 0.717) is 5.56 Å². The van der Waals surface area contributed by atoms with Crippen LogP contribution in [0, 0.1) is 6.92 Å². The first kappa shape index (κ1) is 15.7. The van der Waals surface area contributed by atoms with Gasteiger partial charge in [-0.3, -0.25) is 4.79 Å². The van der Waals surface area contributed by atoms with Crippen molar-refractivity contribution in [2.75, 3.05) is 24.7 Å². The van der Waals surface area contributed by atoms with Gasteiger partial charge < -0.3 is 10.6 Å². The van der Waals surface area contributed by atoms with Crippen LogP contribution in [0.2, 0.25) is 0 Å². The predicted octanol–water partition coefficient (Wildman–Crippen LogP) is 3.02. The maximum atomic E-state index is 11.9. The number of alkyl halides is 3. The van der Waals surface area contributed by atoms with Crippen LogP contribution < -0.4 is 10.6 Å². The summed E-state index contributed by atoms with van der Waals surface area (Å²) in [7, 11) is 1.77. The van der Waals surface area contributed by atoms with E-state index in [2.05, 4.69) is 10.6 Å². The Bertz CT molecular complexity index is 449. The molecule has 2 N–H and O–H groups in total. The van der Waals surface area contributed by atoms with Gasteiger partial charge in [-0.05, 0) is 42.4 Å². The van der Waals surface area contributed by atoms with Crippen LogP contribution in [-0.2, 0) is 0 Å². The van der Waals surface area contributed by atoms with E-state index < -0.39 is 5.51 Å². The standard InChI is InChI=1S/C12H15F3N2OS/c1-8-7-9(3-4-10(8)16-2)11(18)17-5-6-19-12(13,14)15/h3-4,7,16H,5-6H2,1-2H3,(H,17,18). The van der Waals surface area contributed by atoms with Gasteiger partial charge in [-0.15, -0.1) is 0 Å². The van der Waals surface area contributed by atoms with Gasteiger partial charge in [0.25, 0.3) is 5.91 Å². The molecule has 0 spiro atoms. The summed E-state index contributed by atoms with van der Waals surface area (Å²) in [6.45, 7) is 1.83. The Morgan fingerprint density at radius 1 is 1.37 bits per heavy atom. The van der Waals surface area contributed by atoms with E-state index in [0.717, 1.165) is 11.3 Å². The fraction of sp³-hybridized carbons (Fsp3) is 0.417. The highest BCUT2D eigenvalue weighted by Gasteiger charge is 2.27. The summed E-state index contributed by atoms with van der Waals surface area (Å²) in [5.74, 6) is -0.559. The summed E-state index contributed by atoms with van der Waals surface area (Å²) in [4.78, 5) is 11.7. The van der Waals surface area contributed by atoms with E-state index in [1.54, 1.807) is 25.2 Å². The molecule has 1 aromatic carbocycles. The molecular weight excluding hydrogens is 277 g/mol. The summed E-state index contributed by atoms with van der Waals surface area (Å²) in [6, 6.07) is 5.08. The smallest absolute Gasteiger partial charge is 0.388 e. The van der Waals surface area contributed by atoms with Gasteiger partial charge in [0.05, 0.1) is 0 Å². The Morgan fingerprint density at radius 3 is 2.58 bits per heavy atom. The molecule has 0 saturated heterocycles. The second-order valence-electron chi connectivity index (χ2n) is 3.83. The number of halogens is 3. The summed E-state index contributed by atoms with van der Waals surface area (Å²) in [6.07, 6.45) is 0. The second kappa shape index (κ2) is 6.70. The number of benzene rings is 1. The molecule has 0 aliphatic heterocycles. The zero-order chi connectivity index (χ0) is 14.5. The maximum Gasteiger partial charge on any atom is 0.441 e. The Balaban J connectivity index is 2.48. The number of anilines is 1. The SMILES string of the molecule is CNc1ccc(C(=O)NCCSC(F)(F)F)cc1C. The van der Waals surface area contributed by atoms with Crippen molar-refractivity contribution in [3.05, 3.63) is 29.3 Å². The summed E-state index contributed by atoms with van der Waals surface area (Å²) in [5, 5.41) is 5.43. The lowest BCUT2D eigenvalue weighted by atomic mass is 10.1. The van der Waals surface area contributed by atoms with Gasteiger partial charge in [-0.25, -0.2) is 0 Å². The van der Waals surface area contributed by atoms with Gasteiger partial charge in [0.15, 0.2) is 0 Å². The topological polar surface area (TPSA) is 41.1 Å². The lowest BCUT2D eigenvalue weighted by Crippen LogP contribution is -2.26. The first-order chi connectivity index (χ1) is 8.83. The fourth-order valence-corrected chi connectivity index (χ4v) is 1.95. The minimum atomic E-state index is -4.25. The molecule has 0 heterocycles. The largest absolute Gasteiger partial charge is 0.441 e. The second-order valence-corrected chi connectivity index (χ2v) is 4.99. The molecule has 0 aliphatic carbocycles. The molecule has 0 fully saturated rings. The molecule has 7 heteroatoms. The summed E-state index contributed by atoms with van der Waals surface area (Å²) < 4.78 is 35.6. The number of nitrogens with one attached hydrogen (secondary N) is 2. The van der Waals surface area contributed by atoms with Crippen LogP contribution in [0.4, 0.5) is 18.9 Å². The average molecular weight is 292 g/mol. The number of aryl methyl sites for hydroxylation is 1.